The molecule has 0 saturated carbocycles. The van der Waals surface area contributed by atoms with Crippen molar-refractivity contribution in [2.24, 2.45) is 0 Å². The third-order valence-electron chi connectivity index (χ3n) is 3.47. The highest BCUT2D eigenvalue weighted by atomic mass is 79.9. The van der Waals surface area contributed by atoms with Crippen molar-refractivity contribution in [1.82, 2.24) is 5.32 Å². The molecule has 4 heteroatoms. The molecule has 0 aliphatic heterocycles. The fourth-order valence-electron chi connectivity index (χ4n) is 2.41. The van der Waals surface area contributed by atoms with Crippen molar-refractivity contribution in [2.45, 2.75) is 25.8 Å². The van der Waals surface area contributed by atoms with Gasteiger partial charge in [-0.3, -0.25) is 0 Å². The zero-order valence-corrected chi connectivity index (χ0v) is 13.5. The first-order valence-corrected chi connectivity index (χ1v) is 7.83. The van der Waals surface area contributed by atoms with Gasteiger partial charge in [-0.05, 0) is 53.0 Å². The summed E-state index contributed by atoms with van der Waals surface area (Å²) in [6, 6.07) is 12.7. The quantitative estimate of drug-likeness (QED) is 0.719. The molecule has 0 aliphatic rings. The van der Waals surface area contributed by atoms with Gasteiger partial charge in [-0.1, -0.05) is 37.3 Å². The number of nitrogens with one attached hydrogen (secondary N) is 1. The Morgan fingerprint density at radius 3 is 2.48 bits per heavy atom. The van der Waals surface area contributed by atoms with Crippen LogP contribution < -0.4 is 5.32 Å². The number of hydrogen-bond donors (Lipinski definition) is 1. The topological polar surface area (TPSA) is 12.0 Å². The first-order valence-electron chi connectivity index (χ1n) is 7.04. The molecule has 0 spiro atoms. The van der Waals surface area contributed by atoms with Gasteiger partial charge in [0.15, 0.2) is 0 Å². The third-order valence-corrected chi connectivity index (χ3v) is 4.09. The largest absolute Gasteiger partial charge is 0.310 e. The summed E-state index contributed by atoms with van der Waals surface area (Å²) < 4.78 is 28.1. The van der Waals surface area contributed by atoms with Crippen LogP contribution in [0.2, 0.25) is 0 Å². The van der Waals surface area contributed by atoms with E-state index in [4.69, 9.17) is 0 Å². The number of rotatable bonds is 6. The summed E-state index contributed by atoms with van der Waals surface area (Å²) in [6.07, 6.45) is 0.992. The standard InChI is InChI=1S/C17H18BrF2N/c1-2-21-16(12-6-4-3-5-7-12)11-8-13-15(19)10-9-14(18)17(13)20/h3-7,9-10,16,21H,2,8,11H2,1H3. The predicted octanol–water partition coefficient (Wildman–Crippen LogP) is 5.01. The van der Waals surface area contributed by atoms with E-state index in [1.54, 1.807) is 0 Å². The zero-order valence-electron chi connectivity index (χ0n) is 11.9. The zero-order chi connectivity index (χ0) is 15.2. The molecule has 0 radical (unpaired) electrons. The highest BCUT2D eigenvalue weighted by Crippen LogP contribution is 2.25. The molecule has 0 fully saturated rings. The second-order valence-electron chi connectivity index (χ2n) is 4.88. The van der Waals surface area contributed by atoms with Crippen LogP contribution in [0.15, 0.2) is 46.9 Å². The van der Waals surface area contributed by atoms with E-state index in [0.717, 1.165) is 12.1 Å². The highest BCUT2D eigenvalue weighted by Gasteiger charge is 2.16. The van der Waals surface area contributed by atoms with Crippen molar-refractivity contribution in [2.75, 3.05) is 6.54 Å². The minimum absolute atomic E-state index is 0.0916. The molecule has 2 aromatic carbocycles. The van der Waals surface area contributed by atoms with E-state index in [-0.39, 0.29) is 11.6 Å². The average molecular weight is 354 g/mol. The van der Waals surface area contributed by atoms with Crippen molar-refractivity contribution < 1.29 is 8.78 Å². The van der Waals surface area contributed by atoms with E-state index in [1.807, 2.05) is 37.3 Å². The van der Waals surface area contributed by atoms with E-state index in [2.05, 4.69) is 21.2 Å². The van der Waals surface area contributed by atoms with Gasteiger partial charge in [0.1, 0.15) is 11.6 Å². The number of benzene rings is 2. The van der Waals surface area contributed by atoms with Gasteiger partial charge in [-0.15, -0.1) is 0 Å². The molecule has 0 aliphatic carbocycles. The summed E-state index contributed by atoms with van der Waals surface area (Å²) in [6.45, 7) is 2.83. The third kappa shape index (κ3) is 4.11. The van der Waals surface area contributed by atoms with Gasteiger partial charge in [-0.25, -0.2) is 8.78 Å². The lowest BCUT2D eigenvalue weighted by Gasteiger charge is -2.19. The average Bonchev–Trinajstić information content (AvgIpc) is 2.51. The molecule has 1 nitrogen and oxygen atoms in total. The Labute approximate surface area is 132 Å². The monoisotopic (exact) mass is 353 g/mol. The molecule has 1 N–H and O–H groups in total. The van der Waals surface area contributed by atoms with E-state index in [9.17, 15) is 8.78 Å². The van der Waals surface area contributed by atoms with Gasteiger partial charge in [0.05, 0.1) is 4.47 Å². The fraction of sp³-hybridized carbons (Fsp3) is 0.294. The first-order chi connectivity index (χ1) is 10.1. The van der Waals surface area contributed by atoms with Gasteiger partial charge in [0.25, 0.3) is 0 Å². The second kappa shape index (κ2) is 7.66. The summed E-state index contributed by atoms with van der Waals surface area (Å²) in [5.74, 6) is -0.989. The van der Waals surface area contributed by atoms with Gasteiger partial charge in [0, 0.05) is 11.6 Å². The second-order valence-corrected chi connectivity index (χ2v) is 5.74. The van der Waals surface area contributed by atoms with E-state index in [1.165, 1.54) is 12.1 Å². The molecule has 112 valence electrons. The molecule has 2 aromatic rings. The van der Waals surface area contributed by atoms with Crippen molar-refractivity contribution >= 4 is 15.9 Å². The molecule has 0 saturated heterocycles. The van der Waals surface area contributed by atoms with Gasteiger partial charge in [-0.2, -0.15) is 0 Å². The van der Waals surface area contributed by atoms with Crippen LogP contribution in [0, 0.1) is 11.6 Å². The maximum atomic E-state index is 14.0. The SMILES string of the molecule is CCNC(CCc1c(F)ccc(Br)c1F)c1ccccc1. The Morgan fingerprint density at radius 2 is 1.81 bits per heavy atom. The molecular formula is C17H18BrF2N. The Balaban J connectivity index is 2.15. The molecule has 21 heavy (non-hydrogen) atoms. The van der Waals surface area contributed by atoms with E-state index < -0.39 is 11.6 Å². The fourth-order valence-corrected chi connectivity index (χ4v) is 2.78. The molecule has 2 rings (SSSR count). The highest BCUT2D eigenvalue weighted by molar-refractivity contribution is 9.10. The molecule has 1 atom stereocenters. The van der Waals surface area contributed by atoms with Gasteiger partial charge < -0.3 is 5.32 Å². The van der Waals surface area contributed by atoms with E-state index >= 15 is 0 Å². The smallest absolute Gasteiger partial charge is 0.143 e. The van der Waals surface area contributed by atoms with Crippen LogP contribution in [-0.4, -0.2) is 6.54 Å². The minimum atomic E-state index is -0.502. The molecule has 0 bridgehead atoms. The van der Waals surface area contributed by atoms with Crippen LogP contribution in [0.4, 0.5) is 8.78 Å². The Kier molecular flexibility index (Phi) is 5.88. The lowest BCUT2D eigenvalue weighted by molar-refractivity contribution is 0.490. The van der Waals surface area contributed by atoms with Crippen LogP contribution in [0.25, 0.3) is 0 Å². The van der Waals surface area contributed by atoms with Crippen LogP contribution in [0.3, 0.4) is 0 Å². The van der Waals surface area contributed by atoms with Gasteiger partial charge >= 0.3 is 0 Å². The Morgan fingerprint density at radius 1 is 1.10 bits per heavy atom. The number of halogens is 3. The van der Waals surface area contributed by atoms with Crippen molar-refractivity contribution in [1.29, 1.82) is 0 Å². The summed E-state index contributed by atoms with van der Waals surface area (Å²) in [5, 5.41) is 3.37. The summed E-state index contributed by atoms with van der Waals surface area (Å²) >= 11 is 3.11. The normalized spacial score (nSPS) is 12.4. The molecule has 0 aromatic heterocycles. The lowest BCUT2D eigenvalue weighted by Crippen LogP contribution is -2.21. The summed E-state index contributed by atoms with van der Waals surface area (Å²) in [5.41, 5.74) is 1.28. The summed E-state index contributed by atoms with van der Waals surface area (Å²) in [7, 11) is 0. The Bertz CT molecular complexity index is 587. The van der Waals surface area contributed by atoms with Crippen molar-refractivity contribution in [3.8, 4) is 0 Å². The molecule has 0 heterocycles. The maximum absolute atomic E-state index is 14.0. The molecular weight excluding hydrogens is 336 g/mol. The summed E-state index contributed by atoms with van der Waals surface area (Å²) in [4.78, 5) is 0. The van der Waals surface area contributed by atoms with Gasteiger partial charge in [0.2, 0.25) is 0 Å². The van der Waals surface area contributed by atoms with Crippen LogP contribution in [-0.2, 0) is 6.42 Å². The van der Waals surface area contributed by atoms with Crippen LogP contribution in [0.1, 0.15) is 30.5 Å². The van der Waals surface area contributed by atoms with E-state index in [0.29, 0.717) is 17.3 Å². The lowest BCUT2D eigenvalue weighted by atomic mass is 9.98. The van der Waals surface area contributed by atoms with Crippen LogP contribution >= 0.6 is 15.9 Å². The maximum Gasteiger partial charge on any atom is 0.143 e. The minimum Gasteiger partial charge on any atom is -0.310 e. The first kappa shape index (κ1) is 16.1. The van der Waals surface area contributed by atoms with Crippen molar-refractivity contribution in [3.63, 3.8) is 0 Å². The molecule has 1 unspecified atom stereocenters. The number of hydrogen-bond acceptors (Lipinski definition) is 1. The van der Waals surface area contributed by atoms with Crippen molar-refractivity contribution in [3.05, 3.63) is 69.7 Å². The Hall–Kier alpha value is -1.26. The predicted molar refractivity (Wildman–Crippen MR) is 85.2 cm³/mol. The van der Waals surface area contributed by atoms with Crippen LogP contribution in [0.5, 0.6) is 0 Å². The molecule has 0 amide bonds.